The van der Waals surface area contributed by atoms with E-state index in [0.29, 0.717) is 24.5 Å². The lowest BCUT2D eigenvalue weighted by atomic mass is 10.1. The third-order valence-electron chi connectivity index (χ3n) is 3.28. The van der Waals surface area contributed by atoms with Gasteiger partial charge in [-0.2, -0.15) is 0 Å². The Labute approximate surface area is 110 Å². The van der Waals surface area contributed by atoms with Crippen LogP contribution < -0.4 is 15.3 Å². The van der Waals surface area contributed by atoms with Gasteiger partial charge in [0.2, 0.25) is 0 Å². The number of rotatable bonds is 2. The van der Waals surface area contributed by atoms with Crippen LogP contribution in [0.15, 0.2) is 33.5 Å². The van der Waals surface area contributed by atoms with Crippen LogP contribution in [0.25, 0.3) is 11.0 Å². The quantitative estimate of drug-likeness (QED) is 0.769. The van der Waals surface area contributed by atoms with Crippen LogP contribution in [0.1, 0.15) is 0 Å². The molecule has 2 heterocycles. The molecular weight excluding hydrogens is 246 g/mol. The van der Waals surface area contributed by atoms with Crippen molar-refractivity contribution in [3.63, 3.8) is 0 Å². The Balaban J connectivity index is 2.23. The third-order valence-corrected chi connectivity index (χ3v) is 3.28. The van der Waals surface area contributed by atoms with Gasteiger partial charge in [-0.15, -0.1) is 0 Å². The summed E-state index contributed by atoms with van der Waals surface area (Å²) < 4.78 is 16.0. The molecule has 0 aliphatic carbocycles. The Morgan fingerprint density at radius 1 is 1.26 bits per heavy atom. The van der Waals surface area contributed by atoms with Crippen molar-refractivity contribution in [1.29, 1.82) is 0 Å². The van der Waals surface area contributed by atoms with Crippen molar-refractivity contribution in [2.45, 2.75) is 0 Å². The molecule has 5 heteroatoms. The number of methoxy groups -OCH3 is 1. The number of ether oxygens (including phenoxy) is 2. The molecule has 1 aromatic carbocycles. The Morgan fingerprint density at radius 3 is 2.79 bits per heavy atom. The molecule has 0 N–H and O–H groups in total. The minimum absolute atomic E-state index is 0.345. The first-order chi connectivity index (χ1) is 9.29. The standard InChI is InChI=1S/C14H15NO4/c1-17-11-3-2-4-12-14(11)10(9-13(16)19-12)15-5-7-18-8-6-15/h2-4,9H,5-8H2,1H3. The van der Waals surface area contributed by atoms with Crippen LogP contribution in [-0.2, 0) is 4.74 Å². The molecule has 0 atom stereocenters. The number of benzene rings is 1. The van der Waals surface area contributed by atoms with Gasteiger partial charge in [0, 0.05) is 19.2 Å². The average Bonchev–Trinajstić information content (AvgIpc) is 2.46. The van der Waals surface area contributed by atoms with Crippen molar-refractivity contribution < 1.29 is 13.9 Å². The summed E-state index contributed by atoms with van der Waals surface area (Å²) in [5.74, 6) is 0.711. The fourth-order valence-electron chi connectivity index (χ4n) is 2.39. The highest BCUT2D eigenvalue weighted by Gasteiger charge is 2.18. The van der Waals surface area contributed by atoms with Crippen LogP contribution in [0.3, 0.4) is 0 Å². The van der Waals surface area contributed by atoms with Gasteiger partial charge in [0.05, 0.1) is 31.4 Å². The molecule has 1 saturated heterocycles. The average molecular weight is 261 g/mol. The van der Waals surface area contributed by atoms with Crippen molar-refractivity contribution in [3.8, 4) is 5.75 Å². The molecule has 1 fully saturated rings. The molecule has 2 aromatic rings. The van der Waals surface area contributed by atoms with Gasteiger partial charge in [0.15, 0.2) is 0 Å². The van der Waals surface area contributed by atoms with Gasteiger partial charge in [-0.3, -0.25) is 0 Å². The summed E-state index contributed by atoms with van der Waals surface area (Å²) in [6, 6.07) is 6.98. The molecule has 0 bridgehead atoms. The summed E-state index contributed by atoms with van der Waals surface area (Å²) in [6.45, 7) is 2.85. The van der Waals surface area contributed by atoms with Gasteiger partial charge < -0.3 is 18.8 Å². The number of nitrogens with zero attached hydrogens (tertiary/aromatic N) is 1. The monoisotopic (exact) mass is 261 g/mol. The molecule has 1 aliphatic heterocycles. The summed E-state index contributed by atoms with van der Waals surface area (Å²) in [7, 11) is 1.61. The normalized spacial score (nSPS) is 15.7. The molecule has 0 saturated carbocycles. The number of fused-ring (bicyclic) bond motifs is 1. The highest BCUT2D eigenvalue weighted by atomic mass is 16.5. The van der Waals surface area contributed by atoms with Crippen LogP contribution in [-0.4, -0.2) is 33.4 Å². The van der Waals surface area contributed by atoms with E-state index in [1.807, 2.05) is 12.1 Å². The number of anilines is 1. The first-order valence-electron chi connectivity index (χ1n) is 6.23. The highest BCUT2D eigenvalue weighted by molar-refractivity contribution is 5.95. The topological polar surface area (TPSA) is 51.9 Å². The van der Waals surface area contributed by atoms with Crippen molar-refractivity contribution in [2.24, 2.45) is 0 Å². The van der Waals surface area contributed by atoms with Crippen LogP contribution in [0.4, 0.5) is 5.69 Å². The lowest BCUT2D eigenvalue weighted by Crippen LogP contribution is -2.36. The first kappa shape index (κ1) is 12.0. The smallest absolute Gasteiger partial charge is 0.338 e. The van der Waals surface area contributed by atoms with Crippen molar-refractivity contribution in [1.82, 2.24) is 0 Å². The molecule has 0 amide bonds. The SMILES string of the molecule is COc1cccc2oc(=O)cc(N3CCOCC3)c12. The van der Waals surface area contributed by atoms with E-state index in [2.05, 4.69) is 4.90 Å². The zero-order valence-corrected chi connectivity index (χ0v) is 10.7. The van der Waals surface area contributed by atoms with E-state index in [9.17, 15) is 4.79 Å². The molecule has 100 valence electrons. The van der Waals surface area contributed by atoms with E-state index >= 15 is 0 Å². The van der Waals surface area contributed by atoms with Crippen LogP contribution in [0.2, 0.25) is 0 Å². The maximum absolute atomic E-state index is 11.7. The molecule has 1 aromatic heterocycles. The van der Waals surface area contributed by atoms with Gasteiger partial charge in [-0.05, 0) is 12.1 Å². The molecule has 3 rings (SSSR count). The third kappa shape index (κ3) is 2.17. The van der Waals surface area contributed by atoms with Crippen LogP contribution in [0, 0.1) is 0 Å². The molecule has 0 spiro atoms. The second kappa shape index (κ2) is 4.93. The van der Waals surface area contributed by atoms with Crippen LogP contribution >= 0.6 is 0 Å². The summed E-state index contributed by atoms with van der Waals surface area (Å²) >= 11 is 0. The summed E-state index contributed by atoms with van der Waals surface area (Å²) in [6.07, 6.45) is 0. The maximum Gasteiger partial charge on any atom is 0.338 e. The predicted octanol–water partition coefficient (Wildman–Crippen LogP) is 1.64. The van der Waals surface area contributed by atoms with Gasteiger partial charge in [-0.25, -0.2) is 4.79 Å². The number of morpholine rings is 1. The summed E-state index contributed by atoms with van der Waals surface area (Å²) in [5, 5.41) is 0.839. The lowest BCUT2D eigenvalue weighted by molar-refractivity contribution is 0.123. The molecular formula is C14H15NO4. The Morgan fingerprint density at radius 2 is 2.05 bits per heavy atom. The molecule has 0 radical (unpaired) electrons. The number of hydrogen-bond acceptors (Lipinski definition) is 5. The van der Waals surface area contributed by atoms with Gasteiger partial charge in [-0.1, -0.05) is 6.07 Å². The summed E-state index contributed by atoms with van der Waals surface area (Å²) in [4.78, 5) is 13.8. The minimum Gasteiger partial charge on any atom is -0.496 e. The van der Waals surface area contributed by atoms with Crippen molar-refractivity contribution in [3.05, 3.63) is 34.7 Å². The van der Waals surface area contributed by atoms with Gasteiger partial charge >= 0.3 is 5.63 Å². The Hall–Kier alpha value is -2.01. The fourth-order valence-corrected chi connectivity index (χ4v) is 2.39. The van der Waals surface area contributed by atoms with E-state index in [-0.39, 0.29) is 5.63 Å². The van der Waals surface area contributed by atoms with Crippen molar-refractivity contribution in [2.75, 3.05) is 38.3 Å². The van der Waals surface area contributed by atoms with E-state index in [1.165, 1.54) is 6.07 Å². The van der Waals surface area contributed by atoms with Gasteiger partial charge in [0.1, 0.15) is 11.3 Å². The van der Waals surface area contributed by atoms with E-state index in [1.54, 1.807) is 13.2 Å². The first-order valence-corrected chi connectivity index (χ1v) is 6.23. The second-order valence-corrected chi connectivity index (χ2v) is 4.38. The van der Waals surface area contributed by atoms with E-state index < -0.39 is 0 Å². The Bertz CT molecular complexity index is 643. The molecule has 19 heavy (non-hydrogen) atoms. The van der Waals surface area contributed by atoms with Crippen molar-refractivity contribution >= 4 is 16.7 Å². The largest absolute Gasteiger partial charge is 0.496 e. The van der Waals surface area contributed by atoms with E-state index in [0.717, 1.165) is 24.2 Å². The molecule has 5 nitrogen and oxygen atoms in total. The summed E-state index contributed by atoms with van der Waals surface area (Å²) in [5.41, 5.74) is 1.06. The molecule has 1 aliphatic rings. The Kier molecular flexibility index (Phi) is 3.13. The van der Waals surface area contributed by atoms with E-state index in [4.69, 9.17) is 13.9 Å². The fraction of sp³-hybridized carbons (Fsp3) is 0.357. The minimum atomic E-state index is -0.345. The molecule has 0 unspecified atom stereocenters. The highest BCUT2D eigenvalue weighted by Crippen LogP contribution is 2.33. The zero-order valence-electron chi connectivity index (χ0n) is 10.7. The maximum atomic E-state index is 11.7. The van der Waals surface area contributed by atoms with Gasteiger partial charge in [0.25, 0.3) is 0 Å². The van der Waals surface area contributed by atoms with Crippen LogP contribution in [0.5, 0.6) is 5.75 Å². The predicted molar refractivity (Wildman–Crippen MR) is 72.1 cm³/mol. The second-order valence-electron chi connectivity index (χ2n) is 4.38. The number of hydrogen-bond donors (Lipinski definition) is 0. The lowest BCUT2D eigenvalue weighted by Gasteiger charge is -2.29. The zero-order chi connectivity index (χ0) is 13.2.